The summed E-state index contributed by atoms with van der Waals surface area (Å²) in [7, 11) is 3.17. The lowest BCUT2D eigenvalue weighted by molar-refractivity contribution is 0.0937. The fourth-order valence-corrected chi connectivity index (χ4v) is 3.58. The molecule has 1 amide bonds. The van der Waals surface area contributed by atoms with Crippen LogP contribution in [0.3, 0.4) is 0 Å². The molecule has 1 atom stereocenters. The van der Waals surface area contributed by atoms with E-state index in [1.54, 1.807) is 32.4 Å². The third-order valence-electron chi connectivity index (χ3n) is 5.01. The summed E-state index contributed by atoms with van der Waals surface area (Å²) in [4.78, 5) is 40.6. The molecule has 1 aliphatic carbocycles. The molecule has 3 N–H and O–H groups in total. The maximum atomic E-state index is 12.8. The first-order valence-electron chi connectivity index (χ1n) is 8.82. The molecule has 2 aromatic carbocycles. The summed E-state index contributed by atoms with van der Waals surface area (Å²) in [6.45, 7) is 0. The summed E-state index contributed by atoms with van der Waals surface area (Å²) < 4.78 is 10.7. The minimum Gasteiger partial charge on any atom is -0.493 e. The van der Waals surface area contributed by atoms with Gasteiger partial charge in [0.25, 0.3) is 5.91 Å². The number of ether oxygens (including phenoxy) is 2. The number of amides is 1. The third kappa shape index (κ3) is 3.02. The highest BCUT2D eigenvalue weighted by molar-refractivity contribution is 5.97. The van der Waals surface area contributed by atoms with Crippen molar-refractivity contribution in [2.45, 2.75) is 18.9 Å². The molecule has 8 nitrogen and oxygen atoms in total. The van der Waals surface area contributed by atoms with E-state index in [4.69, 9.17) is 9.47 Å². The number of H-pyrrole nitrogens is 2. The number of hydrogen-bond donors (Lipinski definition) is 3. The Morgan fingerprint density at radius 1 is 1.00 bits per heavy atom. The zero-order valence-electron chi connectivity index (χ0n) is 15.4. The molecule has 0 saturated heterocycles. The second kappa shape index (κ2) is 6.88. The molecule has 28 heavy (non-hydrogen) atoms. The summed E-state index contributed by atoms with van der Waals surface area (Å²) in [5.74, 6) is 1.02. The third-order valence-corrected chi connectivity index (χ3v) is 5.01. The Balaban J connectivity index is 1.62. The Morgan fingerprint density at radius 3 is 2.39 bits per heavy atom. The van der Waals surface area contributed by atoms with E-state index < -0.39 is 11.1 Å². The molecule has 0 spiro atoms. The summed E-state index contributed by atoms with van der Waals surface area (Å²) in [6.07, 6.45) is 1.60. The first-order valence-corrected chi connectivity index (χ1v) is 8.82. The number of benzene rings is 2. The average Bonchev–Trinajstić information content (AvgIpc) is 3.08. The van der Waals surface area contributed by atoms with Gasteiger partial charge in [-0.2, -0.15) is 0 Å². The lowest BCUT2D eigenvalue weighted by Gasteiger charge is -2.16. The number of nitrogens with one attached hydrogen (secondary N) is 3. The molecule has 4 rings (SSSR count). The van der Waals surface area contributed by atoms with Gasteiger partial charge in [-0.05, 0) is 54.3 Å². The number of rotatable bonds is 4. The van der Waals surface area contributed by atoms with E-state index in [2.05, 4.69) is 15.3 Å². The van der Waals surface area contributed by atoms with Gasteiger partial charge in [0.2, 0.25) is 0 Å². The SMILES string of the molecule is COc1cc2c(cc1OC)C(NC(=O)c1ccc3[nH]c(=O)c(=O)[nH]c3c1)CC2. The molecule has 0 bridgehead atoms. The fraction of sp³-hybridized carbons (Fsp3) is 0.250. The van der Waals surface area contributed by atoms with Crippen LogP contribution in [0.4, 0.5) is 0 Å². The minimum atomic E-state index is -0.754. The number of fused-ring (bicyclic) bond motifs is 2. The van der Waals surface area contributed by atoms with E-state index in [0.29, 0.717) is 28.1 Å². The summed E-state index contributed by atoms with van der Waals surface area (Å²) in [6, 6.07) is 8.44. The maximum absolute atomic E-state index is 12.8. The Bertz CT molecular complexity index is 1190. The van der Waals surface area contributed by atoms with Gasteiger partial charge in [-0.1, -0.05) is 0 Å². The first-order chi connectivity index (χ1) is 13.5. The topological polar surface area (TPSA) is 113 Å². The monoisotopic (exact) mass is 381 g/mol. The van der Waals surface area contributed by atoms with Gasteiger partial charge in [-0.15, -0.1) is 0 Å². The van der Waals surface area contributed by atoms with Crippen LogP contribution < -0.4 is 25.9 Å². The molecule has 1 unspecified atom stereocenters. The van der Waals surface area contributed by atoms with Gasteiger partial charge in [-0.3, -0.25) is 14.4 Å². The van der Waals surface area contributed by atoms with E-state index in [1.807, 2.05) is 12.1 Å². The van der Waals surface area contributed by atoms with Crippen LogP contribution in [-0.2, 0) is 6.42 Å². The molecular formula is C20H19N3O5. The van der Waals surface area contributed by atoms with Crippen molar-refractivity contribution < 1.29 is 14.3 Å². The van der Waals surface area contributed by atoms with Gasteiger partial charge in [0.05, 0.1) is 31.3 Å². The standard InChI is InChI=1S/C20H19N3O5/c1-27-16-8-10-3-5-13(12(10)9-17(16)28-2)21-18(24)11-4-6-14-15(7-11)23-20(26)19(25)22-14/h4,6-9,13H,3,5H2,1-2H3,(H,21,24)(H,22,25)(H,23,26). The van der Waals surface area contributed by atoms with Crippen LogP contribution in [0.5, 0.6) is 11.5 Å². The molecular weight excluding hydrogens is 362 g/mol. The quantitative estimate of drug-likeness (QED) is 0.595. The lowest BCUT2D eigenvalue weighted by atomic mass is 10.1. The van der Waals surface area contributed by atoms with Crippen molar-refractivity contribution in [1.29, 1.82) is 0 Å². The van der Waals surface area contributed by atoms with Crippen molar-refractivity contribution in [3.05, 3.63) is 67.7 Å². The van der Waals surface area contributed by atoms with E-state index in [9.17, 15) is 14.4 Å². The highest BCUT2D eigenvalue weighted by atomic mass is 16.5. The van der Waals surface area contributed by atoms with E-state index in [1.165, 1.54) is 0 Å². The number of aryl methyl sites for hydroxylation is 1. The van der Waals surface area contributed by atoms with Gasteiger partial charge in [0, 0.05) is 5.56 Å². The van der Waals surface area contributed by atoms with Crippen molar-refractivity contribution in [2.24, 2.45) is 0 Å². The molecule has 0 saturated carbocycles. The number of aromatic nitrogens is 2. The van der Waals surface area contributed by atoms with Gasteiger partial charge in [-0.25, -0.2) is 0 Å². The molecule has 0 fully saturated rings. The second-order valence-electron chi connectivity index (χ2n) is 6.64. The molecule has 0 radical (unpaired) electrons. The summed E-state index contributed by atoms with van der Waals surface area (Å²) >= 11 is 0. The average molecular weight is 381 g/mol. The largest absolute Gasteiger partial charge is 0.493 e. The van der Waals surface area contributed by atoms with Gasteiger partial charge in [0.1, 0.15) is 0 Å². The van der Waals surface area contributed by atoms with Crippen molar-refractivity contribution in [1.82, 2.24) is 15.3 Å². The normalized spacial score (nSPS) is 15.3. The highest BCUT2D eigenvalue weighted by Crippen LogP contribution is 2.39. The van der Waals surface area contributed by atoms with Crippen molar-refractivity contribution in [3.63, 3.8) is 0 Å². The predicted molar refractivity (Wildman–Crippen MR) is 103 cm³/mol. The van der Waals surface area contributed by atoms with Crippen molar-refractivity contribution >= 4 is 16.9 Å². The molecule has 0 aliphatic heterocycles. The number of carbonyl (C=O) groups excluding carboxylic acids is 1. The maximum Gasteiger partial charge on any atom is 0.314 e. The van der Waals surface area contributed by atoms with Crippen molar-refractivity contribution in [2.75, 3.05) is 14.2 Å². The minimum absolute atomic E-state index is 0.146. The number of hydrogen-bond acceptors (Lipinski definition) is 5. The van der Waals surface area contributed by atoms with Crippen LogP contribution in [0.15, 0.2) is 39.9 Å². The molecule has 8 heteroatoms. The molecule has 1 heterocycles. The van der Waals surface area contributed by atoms with E-state index in [-0.39, 0.29) is 11.9 Å². The van der Waals surface area contributed by atoms with Crippen LogP contribution in [0, 0.1) is 0 Å². The van der Waals surface area contributed by atoms with Crippen molar-refractivity contribution in [3.8, 4) is 11.5 Å². The van der Waals surface area contributed by atoms with Gasteiger partial charge < -0.3 is 24.8 Å². The van der Waals surface area contributed by atoms with Gasteiger partial charge >= 0.3 is 11.1 Å². The second-order valence-corrected chi connectivity index (χ2v) is 6.64. The van der Waals surface area contributed by atoms with Crippen LogP contribution in [0.2, 0.25) is 0 Å². The zero-order valence-corrected chi connectivity index (χ0v) is 15.4. The Labute approximate surface area is 159 Å². The van der Waals surface area contributed by atoms with Crippen LogP contribution in [-0.4, -0.2) is 30.1 Å². The lowest BCUT2D eigenvalue weighted by Crippen LogP contribution is -2.29. The smallest absolute Gasteiger partial charge is 0.314 e. The Kier molecular flexibility index (Phi) is 4.38. The fourth-order valence-electron chi connectivity index (χ4n) is 3.58. The molecule has 3 aromatic rings. The number of carbonyl (C=O) groups is 1. The summed E-state index contributed by atoms with van der Waals surface area (Å²) in [5, 5.41) is 3.03. The highest BCUT2D eigenvalue weighted by Gasteiger charge is 2.26. The zero-order chi connectivity index (χ0) is 19.8. The molecule has 144 valence electrons. The van der Waals surface area contributed by atoms with Crippen LogP contribution in [0.25, 0.3) is 11.0 Å². The number of methoxy groups -OCH3 is 2. The number of aromatic amines is 2. The molecule has 1 aromatic heterocycles. The Hall–Kier alpha value is -3.55. The Morgan fingerprint density at radius 2 is 1.68 bits per heavy atom. The van der Waals surface area contributed by atoms with E-state index >= 15 is 0 Å². The molecule has 1 aliphatic rings. The van der Waals surface area contributed by atoms with Crippen LogP contribution in [0.1, 0.15) is 33.9 Å². The van der Waals surface area contributed by atoms with Gasteiger partial charge in [0.15, 0.2) is 11.5 Å². The van der Waals surface area contributed by atoms with E-state index in [0.717, 1.165) is 24.0 Å². The summed E-state index contributed by atoms with van der Waals surface area (Å²) in [5.41, 5.74) is 1.89. The first kappa shape index (κ1) is 17.8. The predicted octanol–water partition coefficient (Wildman–Crippen LogP) is 1.65. The van der Waals surface area contributed by atoms with Crippen LogP contribution >= 0.6 is 0 Å².